The molecule has 0 spiro atoms. The van der Waals surface area contributed by atoms with E-state index < -0.39 is 23.8 Å². The zero-order valence-electron chi connectivity index (χ0n) is 17.3. The average molecular weight is 412 g/mol. The number of piperidine rings is 2. The highest BCUT2D eigenvalue weighted by Crippen LogP contribution is 2.30. The van der Waals surface area contributed by atoms with Crippen LogP contribution in [0.25, 0.3) is 0 Å². The fourth-order valence-electron chi connectivity index (χ4n) is 4.65. The van der Waals surface area contributed by atoms with Gasteiger partial charge in [0.2, 0.25) is 11.8 Å². The molecule has 8 nitrogen and oxygen atoms in total. The molecule has 1 unspecified atom stereocenters. The molecule has 2 N–H and O–H groups in total. The molecular formula is C22H28N4O4. The van der Waals surface area contributed by atoms with Crippen LogP contribution in [0.5, 0.6) is 0 Å². The number of likely N-dealkylation sites (N-methyl/N-ethyl adjacent to an activating group) is 1. The van der Waals surface area contributed by atoms with E-state index in [4.69, 9.17) is 0 Å². The minimum absolute atomic E-state index is 0.120. The normalized spacial score (nSPS) is 24.4. The number of rotatable bonds is 6. The van der Waals surface area contributed by atoms with E-state index in [-0.39, 0.29) is 18.7 Å². The third kappa shape index (κ3) is 3.89. The van der Waals surface area contributed by atoms with Crippen molar-refractivity contribution in [3.05, 3.63) is 34.9 Å². The zero-order chi connectivity index (χ0) is 21.3. The summed E-state index contributed by atoms with van der Waals surface area (Å²) >= 11 is 0. The van der Waals surface area contributed by atoms with Crippen molar-refractivity contribution in [2.75, 3.05) is 19.6 Å². The number of hydrogen-bond acceptors (Lipinski definition) is 6. The van der Waals surface area contributed by atoms with Gasteiger partial charge in [0.25, 0.3) is 11.8 Å². The molecule has 0 aromatic heterocycles. The summed E-state index contributed by atoms with van der Waals surface area (Å²) in [7, 11) is 0. The first kappa shape index (κ1) is 20.7. The van der Waals surface area contributed by atoms with Crippen molar-refractivity contribution < 1.29 is 19.2 Å². The lowest BCUT2D eigenvalue weighted by Gasteiger charge is -2.30. The SMILES string of the molecule is CCN(Cc1cccc2c1C(=O)N(C1CCC(=O)NC1=O)C2=O)C[C@H]1CCCCN1. The maximum atomic E-state index is 13.2. The molecule has 3 heterocycles. The molecule has 8 heteroatoms. The molecule has 160 valence electrons. The summed E-state index contributed by atoms with van der Waals surface area (Å²) in [6.45, 7) is 5.42. The minimum Gasteiger partial charge on any atom is -0.313 e. The van der Waals surface area contributed by atoms with Gasteiger partial charge in [0, 0.05) is 25.6 Å². The Morgan fingerprint density at radius 3 is 2.63 bits per heavy atom. The van der Waals surface area contributed by atoms with Crippen LogP contribution >= 0.6 is 0 Å². The van der Waals surface area contributed by atoms with Crippen LogP contribution in [-0.2, 0) is 16.1 Å². The standard InChI is InChI=1S/C22H28N4O4/c1-2-25(13-15-7-3-4-11-23-15)12-14-6-5-8-16-19(14)22(30)26(21(16)29)17-9-10-18(27)24-20(17)28/h5-6,8,15,17,23H,2-4,7,9-13H2,1H3,(H,24,27,28)/t15-,17?/m1/s1. The molecule has 0 saturated carbocycles. The van der Waals surface area contributed by atoms with Crippen LogP contribution in [0, 0.1) is 0 Å². The van der Waals surface area contributed by atoms with Crippen molar-refractivity contribution in [3.8, 4) is 0 Å². The fraction of sp³-hybridized carbons (Fsp3) is 0.545. The summed E-state index contributed by atoms with van der Waals surface area (Å²) in [5.41, 5.74) is 1.54. The number of amides is 4. The summed E-state index contributed by atoms with van der Waals surface area (Å²) in [6, 6.07) is 4.82. The Morgan fingerprint density at radius 1 is 1.10 bits per heavy atom. The highest BCUT2D eigenvalue weighted by molar-refractivity contribution is 6.24. The minimum atomic E-state index is -0.934. The molecule has 1 aromatic rings. The van der Waals surface area contributed by atoms with Crippen molar-refractivity contribution in [2.45, 2.75) is 57.7 Å². The van der Waals surface area contributed by atoms with Gasteiger partial charge < -0.3 is 5.32 Å². The summed E-state index contributed by atoms with van der Waals surface area (Å²) < 4.78 is 0. The van der Waals surface area contributed by atoms with E-state index in [0.29, 0.717) is 23.7 Å². The Kier molecular flexibility index (Phi) is 5.97. The molecule has 2 atom stereocenters. The number of carbonyl (C=O) groups is 4. The molecule has 4 amide bonds. The second-order valence-corrected chi connectivity index (χ2v) is 8.26. The fourth-order valence-corrected chi connectivity index (χ4v) is 4.65. The predicted octanol–water partition coefficient (Wildman–Crippen LogP) is 1.05. The lowest BCUT2D eigenvalue weighted by molar-refractivity contribution is -0.136. The zero-order valence-corrected chi connectivity index (χ0v) is 17.3. The molecule has 30 heavy (non-hydrogen) atoms. The van der Waals surface area contributed by atoms with Gasteiger partial charge in [0.1, 0.15) is 6.04 Å². The van der Waals surface area contributed by atoms with E-state index >= 15 is 0 Å². The molecule has 1 aromatic carbocycles. The van der Waals surface area contributed by atoms with Gasteiger partial charge >= 0.3 is 0 Å². The number of imide groups is 2. The maximum absolute atomic E-state index is 13.2. The van der Waals surface area contributed by atoms with Crippen molar-refractivity contribution in [1.29, 1.82) is 0 Å². The Hall–Kier alpha value is -2.58. The number of fused-ring (bicyclic) bond motifs is 1. The first-order valence-electron chi connectivity index (χ1n) is 10.8. The lowest BCUT2D eigenvalue weighted by atomic mass is 10.0. The summed E-state index contributed by atoms with van der Waals surface area (Å²) in [5.74, 6) is -1.85. The highest BCUT2D eigenvalue weighted by Gasteiger charge is 2.45. The van der Waals surface area contributed by atoms with Crippen molar-refractivity contribution >= 4 is 23.6 Å². The second kappa shape index (κ2) is 8.65. The Bertz CT molecular complexity index is 878. The average Bonchev–Trinajstić information content (AvgIpc) is 3.00. The number of nitrogens with zero attached hydrogens (tertiary/aromatic N) is 2. The number of nitrogens with one attached hydrogen (secondary N) is 2. The van der Waals surface area contributed by atoms with E-state index in [1.54, 1.807) is 12.1 Å². The van der Waals surface area contributed by atoms with Crippen molar-refractivity contribution in [3.63, 3.8) is 0 Å². The Balaban J connectivity index is 1.55. The smallest absolute Gasteiger partial charge is 0.262 e. The molecule has 2 saturated heterocycles. The molecule has 3 aliphatic heterocycles. The van der Waals surface area contributed by atoms with E-state index in [2.05, 4.69) is 22.5 Å². The van der Waals surface area contributed by atoms with Gasteiger partial charge in [0.05, 0.1) is 11.1 Å². The highest BCUT2D eigenvalue weighted by atomic mass is 16.2. The van der Waals surface area contributed by atoms with Crippen molar-refractivity contribution in [1.82, 2.24) is 20.4 Å². The van der Waals surface area contributed by atoms with Crippen LogP contribution in [0.3, 0.4) is 0 Å². The maximum Gasteiger partial charge on any atom is 0.262 e. The van der Waals surface area contributed by atoms with Crippen molar-refractivity contribution in [2.24, 2.45) is 0 Å². The first-order valence-corrected chi connectivity index (χ1v) is 10.8. The molecular weight excluding hydrogens is 384 g/mol. The van der Waals surface area contributed by atoms with Crippen LogP contribution in [0.2, 0.25) is 0 Å². The Morgan fingerprint density at radius 2 is 1.93 bits per heavy atom. The molecule has 3 aliphatic rings. The van der Waals surface area contributed by atoms with Gasteiger partial charge in [-0.2, -0.15) is 0 Å². The molecule has 0 bridgehead atoms. The molecule has 0 aliphatic carbocycles. The third-order valence-electron chi connectivity index (χ3n) is 6.29. The summed E-state index contributed by atoms with van der Waals surface area (Å²) in [6.07, 6.45) is 3.87. The van der Waals surface area contributed by atoms with E-state index in [1.807, 2.05) is 6.07 Å². The van der Waals surface area contributed by atoms with Crippen LogP contribution in [-0.4, -0.2) is 65.1 Å². The van der Waals surface area contributed by atoms with Gasteiger partial charge in [-0.3, -0.25) is 34.3 Å². The first-order chi connectivity index (χ1) is 14.5. The van der Waals surface area contributed by atoms with Crippen LogP contribution in [0.4, 0.5) is 0 Å². The van der Waals surface area contributed by atoms with Gasteiger partial charge in [-0.25, -0.2) is 0 Å². The van der Waals surface area contributed by atoms with Crippen LogP contribution in [0.15, 0.2) is 18.2 Å². The molecule has 2 fully saturated rings. The second-order valence-electron chi connectivity index (χ2n) is 8.26. The quantitative estimate of drug-likeness (QED) is 0.678. The van der Waals surface area contributed by atoms with Gasteiger partial charge in [-0.05, 0) is 44.0 Å². The molecule has 4 rings (SSSR count). The monoisotopic (exact) mass is 412 g/mol. The predicted molar refractivity (Wildman–Crippen MR) is 110 cm³/mol. The number of hydrogen-bond donors (Lipinski definition) is 2. The lowest BCUT2D eigenvalue weighted by Crippen LogP contribution is -2.54. The topological polar surface area (TPSA) is 98.8 Å². The largest absolute Gasteiger partial charge is 0.313 e. The summed E-state index contributed by atoms with van der Waals surface area (Å²) in [4.78, 5) is 53.2. The summed E-state index contributed by atoms with van der Waals surface area (Å²) in [5, 5.41) is 5.79. The van der Waals surface area contributed by atoms with Crippen LogP contribution < -0.4 is 10.6 Å². The van der Waals surface area contributed by atoms with E-state index in [0.717, 1.165) is 36.5 Å². The Labute approximate surface area is 176 Å². The van der Waals surface area contributed by atoms with Gasteiger partial charge in [-0.1, -0.05) is 25.5 Å². The van der Waals surface area contributed by atoms with Gasteiger partial charge in [-0.15, -0.1) is 0 Å². The van der Waals surface area contributed by atoms with E-state index in [1.165, 1.54) is 12.8 Å². The number of carbonyl (C=O) groups excluding carboxylic acids is 4. The van der Waals surface area contributed by atoms with Gasteiger partial charge in [0.15, 0.2) is 0 Å². The third-order valence-corrected chi connectivity index (χ3v) is 6.29. The number of benzene rings is 1. The van der Waals surface area contributed by atoms with E-state index in [9.17, 15) is 19.2 Å². The van der Waals surface area contributed by atoms with Crippen LogP contribution in [0.1, 0.15) is 65.3 Å². The molecule has 0 radical (unpaired) electrons.